The minimum absolute atomic E-state index is 0. The average Bonchev–Trinajstić information content (AvgIpc) is 2.76. The van der Waals surface area contributed by atoms with Crippen LogP contribution >= 0.6 is 24.0 Å². The summed E-state index contributed by atoms with van der Waals surface area (Å²) in [4.78, 5) is 6.96. The molecule has 30 heavy (non-hydrogen) atoms. The van der Waals surface area contributed by atoms with Crippen molar-refractivity contribution in [1.29, 1.82) is 0 Å². The molecule has 2 aromatic carbocycles. The normalized spacial score (nSPS) is 13.9. The van der Waals surface area contributed by atoms with Crippen LogP contribution in [0.1, 0.15) is 23.1 Å². The van der Waals surface area contributed by atoms with Gasteiger partial charge in [-0.15, -0.1) is 24.0 Å². The summed E-state index contributed by atoms with van der Waals surface area (Å²) in [5, 5.41) is 3.19. The molecule has 0 aromatic heterocycles. The summed E-state index contributed by atoms with van der Waals surface area (Å²) in [6.07, 6.45) is 2.99. The van der Waals surface area contributed by atoms with Crippen molar-refractivity contribution < 1.29 is 9.47 Å². The molecule has 0 spiro atoms. The van der Waals surface area contributed by atoms with E-state index in [0.29, 0.717) is 5.96 Å². The van der Waals surface area contributed by atoms with Gasteiger partial charge in [-0.05, 0) is 48.1 Å². The lowest BCUT2D eigenvalue weighted by molar-refractivity contribution is 0.252. The van der Waals surface area contributed by atoms with E-state index in [1.807, 2.05) is 18.2 Å². The van der Waals surface area contributed by atoms with Gasteiger partial charge < -0.3 is 20.5 Å². The van der Waals surface area contributed by atoms with E-state index in [9.17, 15) is 0 Å². The van der Waals surface area contributed by atoms with Crippen molar-refractivity contribution in [3.05, 3.63) is 59.2 Å². The molecular weight excluding hydrogens is 491 g/mol. The number of ether oxygens (including phenoxy) is 2. The molecule has 3 rings (SSSR count). The Morgan fingerprint density at radius 3 is 2.63 bits per heavy atom. The maximum Gasteiger partial charge on any atom is 0.188 e. The molecule has 6 nitrogen and oxygen atoms in total. The largest absolute Gasteiger partial charge is 0.493 e. The average molecular weight is 524 g/mol. The quantitative estimate of drug-likeness (QED) is 0.228. The fraction of sp³-hybridized carbons (Fsp3) is 0.435. The number of guanidine groups is 1. The molecule has 0 unspecified atom stereocenters. The molecule has 0 aliphatic carbocycles. The van der Waals surface area contributed by atoms with Crippen LogP contribution in [0, 0.1) is 0 Å². The van der Waals surface area contributed by atoms with Gasteiger partial charge in [0.15, 0.2) is 17.5 Å². The smallest absolute Gasteiger partial charge is 0.188 e. The van der Waals surface area contributed by atoms with Crippen LogP contribution in [0.2, 0.25) is 0 Å². The fourth-order valence-corrected chi connectivity index (χ4v) is 3.67. The minimum atomic E-state index is 0. The molecule has 0 atom stereocenters. The van der Waals surface area contributed by atoms with Crippen LogP contribution in [0.15, 0.2) is 47.5 Å². The number of hydrogen-bond donors (Lipinski definition) is 2. The van der Waals surface area contributed by atoms with Gasteiger partial charge in [0, 0.05) is 32.7 Å². The number of methoxy groups -OCH3 is 2. The number of fused-ring (bicyclic) bond motifs is 1. The van der Waals surface area contributed by atoms with Crippen LogP contribution in [0.4, 0.5) is 0 Å². The molecular formula is C23H33IN4O2. The van der Waals surface area contributed by atoms with Crippen molar-refractivity contribution in [3.8, 4) is 11.5 Å². The summed E-state index contributed by atoms with van der Waals surface area (Å²) in [5.41, 5.74) is 10.1. The summed E-state index contributed by atoms with van der Waals surface area (Å²) in [6.45, 7) is 4.69. The molecule has 7 heteroatoms. The molecule has 3 N–H and O–H groups in total. The Balaban J connectivity index is 0.00000320. The number of nitrogens with zero attached hydrogens (tertiary/aromatic N) is 2. The monoisotopic (exact) mass is 524 g/mol. The molecule has 2 aromatic rings. The van der Waals surface area contributed by atoms with E-state index in [1.165, 1.54) is 11.1 Å². The Labute approximate surface area is 196 Å². The standard InChI is InChI=1S/C23H32N4O2.HI/c1-28-21-9-8-18(16-22(21)29-2)10-13-26-23(24)25-12-5-14-27-15-11-19-6-3-4-7-20(19)17-27;/h3-4,6-9,16H,5,10-15,17H2,1-2H3,(H3,24,25,26);1H. The number of nitrogens with two attached hydrogens (primary N) is 1. The number of benzene rings is 2. The highest BCUT2D eigenvalue weighted by molar-refractivity contribution is 14.0. The molecule has 0 saturated carbocycles. The Hall–Kier alpha value is -2.00. The summed E-state index contributed by atoms with van der Waals surface area (Å²) >= 11 is 0. The van der Waals surface area contributed by atoms with Crippen LogP contribution in [0.3, 0.4) is 0 Å². The summed E-state index contributed by atoms with van der Waals surface area (Å²) in [5.74, 6) is 1.99. The van der Waals surface area contributed by atoms with Crippen molar-refractivity contribution >= 4 is 29.9 Å². The Morgan fingerprint density at radius 1 is 1.10 bits per heavy atom. The molecule has 1 heterocycles. The predicted octanol–water partition coefficient (Wildman–Crippen LogP) is 3.22. The van der Waals surface area contributed by atoms with E-state index in [-0.39, 0.29) is 24.0 Å². The molecule has 1 aliphatic heterocycles. The summed E-state index contributed by atoms with van der Waals surface area (Å²) < 4.78 is 10.6. The molecule has 0 fully saturated rings. The first kappa shape index (κ1) is 24.3. The molecule has 0 amide bonds. The zero-order chi connectivity index (χ0) is 20.5. The van der Waals surface area contributed by atoms with Crippen molar-refractivity contribution in [3.63, 3.8) is 0 Å². The Morgan fingerprint density at radius 2 is 1.87 bits per heavy atom. The second-order valence-electron chi connectivity index (χ2n) is 7.28. The molecule has 164 valence electrons. The van der Waals surface area contributed by atoms with E-state index >= 15 is 0 Å². The number of aliphatic imine (C=N–C) groups is 1. The third-order valence-electron chi connectivity index (χ3n) is 5.29. The zero-order valence-electron chi connectivity index (χ0n) is 17.9. The van der Waals surface area contributed by atoms with Crippen LogP contribution in [-0.4, -0.2) is 51.3 Å². The van der Waals surface area contributed by atoms with E-state index in [2.05, 4.69) is 39.5 Å². The van der Waals surface area contributed by atoms with E-state index in [0.717, 1.165) is 69.0 Å². The van der Waals surface area contributed by atoms with Gasteiger partial charge >= 0.3 is 0 Å². The van der Waals surface area contributed by atoms with E-state index < -0.39 is 0 Å². The van der Waals surface area contributed by atoms with Crippen molar-refractivity contribution in [2.24, 2.45) is 10.7 Å². The molecule has 0 bridgehead atoms. The minimum Gasteiger partial charge on any atom is -0.493 e. The molecule has 1 aliphatic rings. The van der Waals surface area contributed by atoms with Gasteiger partial charge in [0.1, 0.15) is 0 Å². The third kappa shape index (κ3) is 7.05. The summed E-state index contributed by atoms with van der Waals surface area (Å²) in [6, 6.07) is 14.7. The van der Waals surface area contributed by atoms with E-state index in [1.54, 1.807) is 14.2 Å². The second-order valence-corrected chi connectivity index (χ2v) is 7.28. The molecule has 0 saturated heterocycles. The lowest BCUT2D eigenvalue weighted by Gasteiger charge is -2.28. The lowest BCUT2D eigenvalue weighted by atomic mass is 10.00. The van der Waals surface area contributed by atoms with Crippen LogP contribution in [0.5, 0.6) is 11.5 Å². The maximum atomic E-state index is 6.00. The van der Waals surface area contributed by atoms with Gasteiger partial charge in [0.25, 0.3) is 0 Å². The Kier molecular flexibility index (Phi) is 10.2. The van der Waals surface area contributed by atoms with Gasteiger partial charge in [-0.3, -0.25) is 9.89 Å². The number of halogens is 1. The number of nitrogens with one attached hydrogen (secondary N) is 1. The van der Waals surface area contributed by atoms with Crippen LogP contribution < -0.4 is 20.5 Å². The lowest BCUT2D eigenvalue weighted by Crippen LogP contribution is -2.34. The van der Waals surface area contributed by atoms with Gasteiger partial charge in [-0.25, -0.2) is 0 Å². The van der Waals surface area contributed by atoms with E-state index in [4.69, 9.17) is 15.2 Å². The first-order chi connectivity index (χ1) is 14.2. The van der Waals surface area contributed by atoms with Gasteiger partial charge in [-0.2, -0.15) is 0 Å². The first-order valence-corrected chi connectivity index (χ1v) is 10.2. The number of rotatable bonds is 9. The predicted molar refractivity (Wildman–Crippen MR) is 133 cm³/mol. The van der Waals surface area contributed by atoms with Crippen molar-refractivity contribution in [2.45, 2.75) is 25.8 Å². The van der Waals surface area contributed by atoms with Gasteiger partial charge in [0.05, 0.1) is 14.2 Å². The van der Waals surface area contributed by atoms with Crippen LogP contribution in [-0.2, 0) is 19.4 Å². The first-order valence-electron chi connectivity index (χ1n) is 10.2. The maximum absolute atomic E-state index is 6.00. The zero-order valence-corrected chi connectivity index (χ0v) is 20.2. The topological polar surface area (TPSA) is 72.1 Å². The SMILES string of the molecule is COc1ccc(CCNC(N)=NCCCN2CCc3ccccc3C2)cc1OC.I. The third-order valence-corrected chi connectivity index (χ3v) is 5.29. The Bertz CT molecular complexity index is 829. The number of hydrogen-bond acceptors (Lipinski definition) is 4. The second kappa shape index (κ2) is 12.6. The highest BCUT2D eigenvalue weighted by atomic mass is 127. The van der Waals surface area contributed by atoms with Crippen molar-refractivity contribution in [2.75, 3.05) is 40.4 Å². The fourth-order valence-electron chi connectivity index (χ4n) is 3.67. The highest BCUT2D eigenvalue weighted by Gasteiger charge is 2.14. The highest BCUT2D eigenvalue weighted by Crippen LogP contribution is 2.27. The van der Waals surface area contributed by atoms with Crippen molar-refractivity contribution in [1.82, 2.24) is 10.2 Å². The summed E-state index contributed by atoms with van der Waals surface area (Å²) in [7, 11) is 3.29. The molecule has 0 radical (unpaired) electrons. The van der Waals surface area contributed by atoms with Crippen LogP contribution in [0.25, 0.3) is 0 Å². The van der Waals surface area contributed by atoms with Gasteiger partial charge in [-0.1, -0.05) is 30.3 Å². The van der Waals surface area contributed by atoms with Gasteiger partial charge in [0.2, 0.25) is 0 Å².